The topological polar surface area (TPSA) is 42.1 Å². The van der Waals surface area contributed by atoms with Gasteiger partial charge in [-0.2, -0.15) is 13.2 Å². The molecule has 0 saturated carbocycles. The Morgan fingerprint density at radius 3 is 2.12 bits per heavy atom. The van der Waals surface area contributed by atoms with Crippen molar-refractivity contribution in [3.05, 3.63) is 25.7 Å². The van der Waals surface area contributed by atoms with Crippen molar-refractivity contribution in [1.29, 1.82) is 0 Å². The van der Waals surface area contributed by atoms with Gasteiger partial charge < -0.3 is 9.72 Å². The van der Waals surface area contributed by atoms with E-state index in [1.165, 1.54) is 22.6 Å². The van der Waals surface area contributed by atoms with E-state index in [0.29, 0.717) is 6.07 Å². The Hall–Kier alpha value is -0.940. The number of pyridine rings is 1. The molecule has 1 rings (SSSR count). The quantitative estimate of drug-likeness (QED) is 0.468. The van der Waals surface area contributed by atoms with Gasteiger partial charge in [0.25, 0.3) is 5.56 Å². The van der Waals surface area contributed by atoms with Gasteiger partial charge in [-0.25, -0.2) is 0 Å². The summed E-state index contributed by atoms with van der Waals surface area (Å²) in [4.78, 5) is 12.7. The molecule has 0 radical (unpaired) electrons. The van der Waals surface area contributed by atoms with E-state index >= 15 is 0 Å². The number of alkyl halides is 6. The number of nitrogens with one attached hydrogen (secondary N) is 1. The molecule has 1 heterocycles. The lowest BCUT2D eigenvalue weighted by Gasteiger charge is -2.14. The zero-order chi connectivity index (χ0) is 13.4. The number of hydrogen-bond acceptors (Lipinski definition) is 2. The van der Waals surface area contributed by atoms with Crippen LogP contribution in [0.1, 0.15) is 5.56 Å². The molecule has 1 N–H and O–H groups in total. The smallest absolute Gasteiger partial charge is 0.405 e. The summed E-state index contributed by atoms with van der Waals surface area (Å²) in [6, 6.07) is 0.443. The van der Waals surface area contributed by atoms with E-state index < -0.39 is 29.4 Å². The molecule has 0 saturated heterocycles. The second-order valence-electron chi connectivity index (χ2n) is 2.73. The first kappa shape index (κ1) is 14.1. The summed E-state index contributed by atoms with van der Waals surface area (Å²) in [5, 5.41) is 0. The molecule has 0 aliphatic carbocycles. The van der Waals surface area contributed by atoms with Crippen LogP contribution < -0.4 is 10.3 Å². The number of H-pyrrole nitrogens is 1. The van der Waals surface area contributed by atoms with Crippen LogP contribution in [0.5, 0.6) is 5.75 Å². The molecule has 1 aromatic rings. The van der Waals surface area contributed by atoms with Crippen molar-refractivity contribution in [2.45, 2.75) is 12.5 Å². The van der Waals surface area contributed by atoms with Gasteiger partial charge in [0.1, 0.15) is 5.75 Å². The van der Waals surface area contributed by atoms with E-state index in [4.69, 9.17) is 0 Å². The van der Waals surface area contributed by atoms with Crippen LogP contribution >= 0.6 is 22.6 Å². The molecule has 0 spiro atoms. The summed E-state index contributed by atoms with van der Waals surface area (Å²) < 4.78 is 75.6. The Morgan fingerprint density at radius 1 is 1.18 bits per heavy atom. The van der Waals surface area contributed by atoms with Crippen LogP contribution in [0.2, 0.25) is 0 Å². The molecule has 17 heavy (non-hydrogen) atoms. The lowest BCUT2D eigenvalue weighted by molar-refractivity contribution is -0.276. The fraction of sp³-hybridized carbons (Fsp3) is 0.286. The Kier molecular flexibility index (Phi) is 3.64. The third-order valence-corrected chi connectivity index (χ3v) is 2.05. The molecule has 0 fully saturated rings. The van der Waals surface area contributed by atoms with Crippen LogP contribution in [0.15, 0.2) is 10.9 Å². The first-order valence-corrected chi connectivity index (χ1v) is 4.84. The highest BCUT2D eigenvalue weighted by Crippen LogP contribution is 2.36. The fourth-order valence-corrected chi connectivity index (χ4v) is 1.51. The molecule has 10 heteroatoms. The van der Waals surface area contributed by atoms with E-state index in [0.717, 1.165) is 0 Å². The minimum absolute atomic E-state index is 0.208. The van der Waals surface area contributed by atoms with E-state index in [2.05, 4.69) is 4.74 Å². The van der Waals surface area contributed by atoms with Crippen LogP contribution in [0.4, 0.5) is 26.3 Å². The first-order chi connectivity index (χ1) is 7.50. The maximum Gasteiger partial charge on any atom is 0.573 e. The molecule has 0 bridgehead atoms. The Morgan fingerprint density at radius 2 is 1.71 bits per heavy atom. The summed E-state index contributed by atoms with van der Waals surface area (Å²) in [6.45, 7) is 0. The zero-order valence-corrected chi connectivity index (χ0v) is 9.70. The average molecular weight is 373 g/mol. The fourth-order valence-electron chi connectivity index (χ4n) is 0.980. The summed E-state index contributed by atoms with van der Waals surface area (Å²) in [5.41, 5.74) is -3.71. The Balaban J connectivity index is 3.42. The number of ether oxygens (including phenoxy) is 1. The van der Waals surface area contributed by atoms with Gasteiger partial charge in [0.15, 0.2) is 5.56 Å². The highest BCUT2D eigenvalue weighted by Gasteiger charge is 2.42. The number of aromatic nitrogens is 1. The van der Waals surface area contributed by atoms with Crippen LogP contribution in [0, 0.1) is 3.70 Å². The van der Waals surface area contributed by atoms with E-state index in [1.54, 1.807) is 4.98 Å². The zero-order valence-electron chi connectivity index (χ0n) is 7.54. The number of hydrogen-bond donors (Lipinski definition) is 1. The number of rotatable bonds is 1. The van der Waals surface area contributed by atoms with E-state index in [9.17, 15) is 31.1 Å². The van der Waals surface area contributed by atoms with Crippen LogP contribution in [-0.2, 0) is 6.18 Å². The third kappa shape index (κ3) is 3.78. The minimum atomic E-state index is -5.31. The summed E-state index contributed by atoms with van der Waals surface area (Å²) >= 11 is 1.36. The maximum absolute atomic E-state index is 12.3. The van der Waals surface area contributed by atoms with Gasteiger partial charge in [-0.1, -0.05) is 0 Å². The number of halogens is 7. The van der Waals surface area contributed by atoms with Crippen molar-refractivity contribution in [3.8, 4) is 5.75 Å². The van der Waals surface area contributed by atoms with Gasteiger partial charge in [-0.3, -0.25) is 4.79 Å². The molecule has 96 valence electrons. The molecule has 0 aromatic carbocycles. The van der Waals surface area contributed by atoms with Gasteiger partial charge in [-0.15, -0.1) is 13.2 Å². The maximum atomic E-state index is 12.3. The lowest BCUT2D eigenvalue weighted by Crippen LogP contribution is -2.27. The number of aromatic amines is 1. The molecule has 0 aliphatic heterocycles. The van der Waals surface area contributed by atoms with Gasteiger partial charge in [0, 0.05) is 6.07 Å². The average Bonchev–Trinajstić information content (AvgIpc) is 1.94. The highest BCUT2D eigenvalue weighted by molar-refractivity contribution is 14.1. The first-order valence-electron chi connectivity index (χ1n) is 3.76. The van der Waals surface area contributed by atoms with Gasteiger partial charge in [0.05, 0.1) is 3.70 Å². The Bertz CT molecular complexity index is 477. The van der Waals surface area contributed by atoms with Crippen molar-refractivity contribution in [2.24, 2.45) is 0 Å². The second-order valence-corrected chi connectivity index (χ2v) is 3.89. The van der Waals surface area contributed by atoms with Crippen LogP contribution in [0.3, 0.4) is 0 Å². The van der Waals surface area contributed by atoms with Crippen molar-refractivity contribution in [3.63, 3.8) is 0 Å². The van der Waals surface area contributed by atoms with E-state index in [-0.39, 0.29) is 3.70 Å². The van der Waals surface area contributed by atoms with Crippen molar-refractivity contribution < 1.29 is 31.1 Å². The van der Waals surface area contributed by atoms with Crippen LogP contribution in [-0.4, -0.2) is 11.3 Å². The summed E-state index contributed by atoms with van der Waals surface area (Å²) in [7, 11) is 0. The lowest BCUT2D eigenvalue weighted by atomic mass is 10.2. The normalized spacial score (nSPS) is 12.6. The molecular weight excluding hydrogens is 371 g/mol. The standard InChI is InChI=1S/C7H2F6INO2/c8-6(9,10)4-2(17-7(11,12)13)1-3(14)15-5(4)16/h1H,(H,15,16). The predicted molar refractivity (Wildman–Crippen MR) is 51.5 cm³/mol. The molecule has 3 nitrogen and oxygen atoms in total. The summed E-state index contributed by atoms with van der Waals surface area (Å²) in [5.74, 6) is -1.57. The molecule has 0 atom stereocenters. The molecule has 0 aliphatic rings. The van der Waals surface area contributed by atoms with Gasteiger partial charge in [0.2, 0.25) is 0 Å². The van der Waals surface area contributed by atoms with Crippen molar-refractivity contribution in [1.82, 2.24) is 4.98 Å². The molecule has 0 unspecified atom stereocenters. The molecule has 0 amide bonds. The van der Waals surface area contributed by atoms with Gasteiger partial charge >= 0.3 is 12.5 Å². The second kappa shape index (κ2) is 4.38. The predicted octanol–water partition coefficient (Wildman–Crippen LogP) is 2.90. The monoisotopic (exact) mass is 373 g/mol. The van der Waals surface area contributed by atoms with E-state index in [1.807, 2.05) is 0 Å². The van der Waals surface area contributed by atoms with Crippen molar-refractivity contribution in [2.75, 3.05) is 0 Å². The Labute approximate surface area is 103 Å². The van der Waals surface area contributed by atoms with Crippen LogP contribution in [0.25, 0.3) is 0 Å². The molecule has 1 aromatic heterocycles. The SMILES string of the molecule is O=c1[nH]c(I)cc(OC(F)(F)F)c1C(F)(F)F. The minimum Gasteiger partial charge on any atom is -0.405 e. The summed E-state index contributed by atoms with van der Waals surface area (Å²) in [6.07, 6.45) is -10.5. The van der Waals surface area contributed by atoms with Gasteiger partial charge in [-0.05, 0) is 22.6 Å². The molecular formula is C7H2F6INO2. The van der Waals surface area contributed by atoms with Crippen molar-refractivity contribution >= 4 is 22.6 Å². The largest absolute Gasteiger partial charge is 0.573 e. The highest BCUT2D eigenvalue weighted by atomic mass is 127. The third-order valence-electron chi connectivity index (χ3n) is 1.47.